The first-order valence-corrected chi connectivity index (χ1v) is 6.78. The molecule has 6 nitrogen and oxygen atoms in total. The number of rotatable bonds is 5. The number of hydrogen-bond acceptors (Lipinski definition) is 3. The summed E-state index contributed by atoms with van der Waals surface area (Å²) in [6.07, 6.45) is 3.21. The van der Waals surface area contributed by atoms with Crippen LogP contribution in [-0.4, -0.2) is 28.6 Å². The third-order valence-corrected chi connectivity index (χ3v) is 3.15. The van der Waals surface area contributed by atoms with Crippen molar-refractivity contribution in [3.05, 3.63) is 54.7 Å². The van der Waals surface area contributed by atoms with Crippen molar-refractivity contribution in [3.63, 3.8) is 0 Å². The van der Waals surface area contributed by atoms with Crippen LogP contribution in [-0.2, 0) is 23.1 Å². The van der Waals surface area contributed by atoms with Gasteiger partial charge in [0.15, 0.2) is 5.82 Å². The second-order valence-electron chi connectivity index (χ2n) is 4.87. The van der Waals surface area contributed by atoms with Gasteiger partial charge in [0.2, 0.25) is 11.8 Å². The van der Waals surface area contributed by atoms with E-state index in [4.69, 9.17) is 0 Å². The number of anilines is 2. The second kappa shape index (κ2) is 6.71. The maximum absolute atomic E-state index is 12.3. The zero-order chi connectivity index (χ0) is 16.1. The predicted molar refractivity (Wildman–Crippen MR) is 85.6 cm³/mol. The van der Waals surface area contributed by atoms with Crippen LogP contribution in [0.4, 0.5) is 11.5 Å². The van der Waals surface area contributed by atoms with Crippen LogP contribution in [0.2, 0.25) is 0 Å². The summed E-state index contributed by atoms with van der Waals surface area (Å²) in [4.78, 5) is 25.1. The Balaban J connectivity index is 2.06. The van der Waals surface area contributed by atoms with Crippen LogP contribution in [0.1, 0.15) is 5.56 Å². The number of aromatic nitrogens is 2. The smallest absolute Gasteiger partial charge is 0.247 e. The van der Waals surface area contributed by atoms with E-state index in [1.165, 1.54) is 11.0 Å². The van der Waals surface area contributed by atoms with Crippen LogP contribution in [0.3, 0.4) is 0 Å². The van der Waals surface area contributed by atoms with Gasteiger partial charge in [-0.15, -0.1) is 0 Å². The molecule has 1 aromatic carbocycles. The Bertz CT molecular complexity index is 706. The van der Waals surface area contributed by atoms with Crippen molar-refractivity contribution in [1.29, 1.82) is 0 Å². The molecule has 0 atom stereocenters. The van der Waals surface area contributed by atoms with E-state index in [1.807, 2.05) is 6.07 Å². The summed E-state index contributed by atoms with van der Waals surface area (Å²) in [6, 6.07) is 8.94. The molecule has 0 bridgehead atoms. The maximum atomic E-state index is 12.3. The zero-order valence-electron chi connectivity index (χ0n) is 12.6. The maximum Gasteiger partial charge on any atom is 0.247 e. The minimum atomic E-state index is -0.283. The van der Waals surface area contributed by atoms with E-state index in [0.717, 1.165) is 5.56 Å². The van der Waals surface area contributed by atoms with Crippen molar-refractivity contribution < 1.29 is 9.59 Å². The van der Waals surface area contributed by atoms with Gasteiger partial charge in [0.05, 0.1) is 6.42 Å². The first kappa shape index (κ1) is 15.5. The Hall–Kier alpha value is -2.89. The van der Waals surface area contributed by atoms with Crippen molar-refractivity contribution in [2.24, 2.45) is 7.05 Å². The first-order chi connectivity index (χ1) is 10.5. The number of carbonyl (C=O) groups excluding carboxylic acids is 2. The van der Waals surface area contributed by atoms with Crippen LogP contribution in [0.15, 0.2) is 49.2 Å². The first-order valence-electron chi connectivity index (χ1n) is 6.78. The lowest BCUT2D eigenvalue weighted by Gasteiger charge is -2.14. The fourth-order valence-electron chi connectivity index (χ4n) is 1.96. The Kier molecular flexibility index (Phi) is 4.73. The highest BCUT2D eigenvalue weighted by atomic mass is 16.2. The number of aryl methyl sites for hydroxylation is 1. The molecule has 0 aliphatic heterocycles. The molecule has 0 fully saturated rings. The van der Waals surface area contributed by atoms with Gasteiger partial charge in [-0.05, 0) is 23.8 Å². The van der Waals surface area contributed by atoms with E-state index >= 15 is 0 Å². The number of likely N-dealkylation sites (N-methyl/N-ethyl adjacent to an activating group) is 1. The van der Waals surface area contributed by atoms with E-state index in [1.54, 1.807) is 49.2 Å². The molecular weight excluding hydrogens is 280 g/mol. The number of benzene rings is 1. The number of hydrogen-bond donors (Lipinski definition) is 1. The molecule has 0 spiro atoms. The molecule has 0 saturated heterocycles. The average Bonchev–Trinajstić information content (AvgIpc) is 2.93. The molecule has 1 heterocycles. The Morgan fingerprint density at radius 2 is 2.18 bits per heavy atom. The molecule has 6 heteroatoms. The zero-order valence-corrected chi connectivity index (χ0v) is 12.6. The third kappa shape index (κ3) is 3.82. The van der Waals surface area contributed by atoms with E-state index in [-0.39, 0.29) is 18.2 Å². The van der Waals surface area contributed by atoms with E-state index in [2.05, 4.69) is 17.0 Å². The fraction of sp³-hybridized carbons (Fsp3) is 0.188. The van der Waals surface area contributed by atoms with Crippen LogP contribution in [0.5, 0.6) is 0 Å². The minimum Gasteiger partial charge on any atom is -0.323 e. The Labute approximate surface area is 129 Å². The monoisotopic (exact) mass is 298 g/mol. The summed E-state index contributed by atoms with van der Waals surface area (Å²) < 4.78 is 1.64. The number of amides is 2. The number of nitrogens with one attached hydrogen (secondary N) is 1. The van der Waals surface area contributed by atoms with Crippen LogP contribution in [0, 0.1) is 0 Å². The summed E-state index contributed by atoms with van der Waals surface area (Å²) in [5.74, 6) is 0.239. The standard InChI is InChI=1S/C16H18N4O2/c1-4-15(21)17-13-7-5-6-12(10-13)11-16(22)20(3)14-8-9-19(2)18-14/h4-10H,1,11H2,2-3H3,(H,17,21). The van der Waals surface area contributed by atoms with Gasteiger partial charge in [0, 0.05) is 32.0 Å². The molecule has 1 aromatic heterocycles. The van der Waals surface area contributed by atoms with E-state index in [0.29, 0.717) is 11.5 Å². The van der Waals surface area contributed by atoms with E-state index in [9.17, 15) is 9.59 Å². The van der Waals surface area contributed by atoms with Crippen molar-refractivity contribution >= 4 is 23.3 Å². The van der Waals surface area contributed by atoms with Gasteiger partial charge in [-0.1, -0.05) is 18.7 Å². The van der Waals surface area contributed by atoms with Crippen LogP contribution in [0.25, 0.3) is 0 Å². The van der Waals surface area contributed by atoms with Crippen LogP contribution < -0.4 is 10.2 Å². The molecule has 2 amide bonds. The highest BCUT2D eigenvalue weighted by Crippen LogP contribution is 2.14. The molecule has 2 aromatic rings. The minimum absolute atomic E-state index is 0.0779. The highest BCUT2D eigenvalue weighted by Gasteiger charge is 2.14. The quantitative estimate of drug-likeness (QED) is 0.855. The van der Waals surface area contributed by atoms with Gasteiger partial charge < -0.3 is 5.32 Å². The summed E-state index contributed by atoms with van der Waals surface area (Å²) in [5, 5.41) is 6.87. The molecule has 0 aliphatic rings. The Morgan fingerprint density at radius 3 is 2.82 bits per heavy atom. The summed E-state index contributed by atoms with van der Waals surface area (Å²) in [5.41, 5.74) is 1.45. The lowest BCUT2D eigenvalue weighted by Crippen LogP contribution is -2.28. The number of carbonyl (C=O) groups is 2. The van der Waals surface area contributed by atoms with Gasteiger partial charge in [0.1, 0.15) is 0 Å². The molecule has 0 unspecified atom stereocenters. The molecule has 114 valence electrons. The lowest BCUT2D eigenvalue weighted by atomic mass is 10.1. The van der Waals surface area contributed by atoms with Crippen molar-refractivity contribution in [2.75, 3.05) is 17.3 Å². The molecular formula is C16H18N4O2. The predicted octanol–water partition coefficient (Wildman–Crippen LogP) is 1.75. The molecule has 22 heavy (non-hydrogen) atoms. The summed E-state index contributed by atoms with van der Waals surface area (Å²) >= 11 is 0. The summed E-state index contributed by atoms with van der Waals surface area (Å²) in [7, 11) is 3.49. The van der Waals surface area contributed by atoms with Gasteiger partial charge in [-0.3, -0.25) is 19.2 Å². The molecule has 0 aliphatic carbocycles. The average molecular weight is 298 g/mol. The van der Waals surface area contributed by atoms with Crippen molar-refractivity contribution in [1.82, 2.24) is 9.78 Å². The number of nitrogens with zero attached hydrogens (tertiary/aromatic N) is 3. The van der Waals surface area contributed by atoms with Crippen LogP contribution >= 0.6 is 0 Å². The van der Waals surface area contributed by atoms with E-state index < -0.39 is 0 Å². The molecule has 1 N–H and O–H groups in total. The normalized spacial score (nSPS) is 10.1. The largest absolute Gasteiger partial charge is 0.323 e. The second-order valence-corrected chi connectivity index (χ2v) is 4.87. The molecule has 0 saturated carbocycles. The molecule has 0 radical (unpaired) electrons. The molecule has 2 rings (SSSR count). The lowest BCUT2D eigenvalue weighted by molar-refractivity contribution is -0.117. The van der Waals surface area contributed by atoms with Gasteiger partial charge >= 0.3 is 0 Å². The third-order valence-electron chi connectivity index (χ3n) is 3.15. The Morgan fingerprint density at radius 1 is 1.41 bits per heavy atom. The highest BCUT2D eigenvalue weighted by molar-refractivity contribution is 5.99. The van der Waals surface area contributed by atoms with Gasteiger partial charge in [0.25, 0.3) is 0 Å². The SMILES string of the molecule is C=CC(=O)Nc1cccc(CC(=O)N(C)c2ccn(C)n2)c1. The van der Waals surface area contributed by atoms with Gasteiger partial charge in [-0.25, -0.2) is 0 Å². The fourth-order valence-corrected chi connectivity index (χ4v) is 1.96. The topological polar surface area (TPSA) is 67.2 Å². The van der Waals surface area contributed by atoms with Crippen molar-refractivity contribution in [2.45, 2.75) is 6.42 Å². The summed E-state index contributed by atoms with van der Waals surface area (Å²) in [6.45, 7) is 3.40. The van der Waals surface area contributed by atoms with Gasteiger partial charge in [-0.2, -0.15) is 5.10 Å². The van der Waals surface area contributed by atoms with Crippen molar-refractivity contribution in [3.8, 4) is 0 Å².